The van der Waals surface area contributed by atoms with Gasteiger partial charge in [0.1, 0.15) is 18.6 Å². The van der Waals surface area contributed by atoms with E-state index >= 15 is 0 Å². The molecule has 1 fully saturated rings. The maximum Gasteiger partial charge on any atom is 0.409 e. The number of nitrogens with one attached hydrogen (secondary N) is 2. The molecule has 35 heavy (non-hydrogen) atoms. The second-order valence-corrected chi connectivity index (χ2v) is 8.42. The first-order valence-corrected chi connectivity index (χ1v) is 10.9. The van der Waals surface area contributed by atoms with Gasteiger partial charge in [-0.25, -0.2) is 4.79 Å². The highest BCUT2D eigenvalue weighted by atomic mass is 19.4. The summed E-state index contributed by atoms with van der Waals surface area (Å²) in [5.74, 6) is -3.68. The summed E-state index contributed by atoms with van der Waals surface area (Å²) in [6.45, 7) is -0.462. The quantitative estimate of drug-likeness (QED) is 0.548. The number of hydrogen-bond acceptors (Lipinski definition) is 5. The molecule has 0 bridgehead atoms. The number of rotatable bonds is 7. The molecule has 2 aliphatic rings. The number of carbonyl (C=O) groups excluding carboxylic acids is 2. The Labute approximate surface area is 198 Å². The number of aliphatic carboxylic acids is 1. The Morgan fingerprint density at radius 2 is 1.63 bits per heavy atom. The fraction of sp³-hybridized carbons (Fsp3) is 0.375. The molecule has 0 aromatic heterocycles. The van der Waals surface area contributed by atoms with Gasteiger partial charge in [-0.1, -0.05) is 48.5 Å². The minimum absolute atomic E-state index is 0.126. The predicted molar refractivity (Wildman–Crippen MR) is 117 cm³/mol. The van der Waals surface area contributed by atoms with E-state index in [9.17, 15) is 27.6 Å². The van der Waals surface area contributed by atoms with E-state index in [0.717, 1.165) is 22.3 Å². The van der Waals surface area contributed by atoms with Gasteiger partial charge in [-0.3, -0.25) is 9.59 Å². The Bertz CT molecular complexity index is 1080. The largest absolute Gasteiger partial charge is 0.481 e. The van der Waals surface area contributed by atoms with Crippen LogP contribution >= 0.6 is 0 Å². The van der Waals surface area contributed by atoms with Crippen molar-refractivity contribution in [2.75, 3.05) is 19.8 Å². The molecule has 1 aliphatic carbocycles. The number of alkyl carbamates (subject to hydrolysis) is 1. The molecule has 0 spiro atoms. The molecule has 0 radical (unpaired) electrons. The monoisotopic (exact) mass is 492 g/mol. The molecular formula is C24H23F3N2O6. The Hall–Kier alpha value is -3.60. The summed E-state index contributed by atoms with van der Waals surface area (Å²) in [6, 6.07) is 11.6. The van der Waals surface area contributed by atoms with Crippen LogP contribution in [0.5, 0.6) is 0 Å². The molecule has 186 valence electrons. The van der Waals surface area contributed by atoms with Gasteiger partial charge in [0.05, 0.1) is 25.7 Å². The number of ether oxygens (including phenoxy) is 2. The van der Waals surface area contributed by atoms with Crippen LogP contribution in [0.2, 0.25) is 0 Å². The van der Waals surface area contributed by atoms with Crippen LogP contribution < -0.4 is 10.6 Å². The van der Waals surface area contributed by atoms with Crippen LogP contribution in [0.3, 0.4) is 0 Å². The summed E-state index contributed by atoms with van der Waals surface area (Å²) >= 11 is 0. The molecule has 3 N–H and O–H groups in total. The summed E-state index contributed by atoms with van der Waals surface area (Å²) in [7, 11) is 0. The fourth-order valence-corrected chi connectivity index (χ4v) is 4.42. The Morgan fingerprint density at radius 1 is 1.03 bits per heavy atom. The van der Waals surface area contributed by atoms with Crippen molar-refractivity contribution in [3.8, 4) is 11.1 Å². The lowest BCUT2D eigenvalue weighted by atomic mass is 9.98. The third-order valence-electron chi connectivity index (χ3n) is 6.16. The SMILES string of the molecule is O=C(CC(NC(=O)OCC1c2ccccc2-c2ccccc21)C(F)(F)F)NC1COCC1C(=O)O. The molecule has 8 nitrogen and oxygen atoms in total. The van der Waals surface area contributed by atoms with Crippen molar-refractivity contribution in [3.05, 3.63) is 59.7 Å². The van der Waals surface area contributed by atoms with Crippen molar-refractivity contribution >= 4 is 18.0 Å². The minimum Gasteiger partial charge on any atom is -0.481 e. The molecule has 2 amide bonds. The summed E-state index contributed by atoms with van der Waals surface area (Å²) in [4.78, 5) is 35.7. The first kappa shape index (κ1) is 24.5. The van der Waals surface area contributed by atoms with Gasteiger partial charge in [-0.05, 0) is 22.3 Å². The van der Waals surface area contributed by atoms with E-state index in [1.54, 1.807) is 5.32 Å². The van der Waals surface area contributed by atoms with Gasteiger partial charge >= 0.3 is 18.2 Å². The van der Waals surface area contributed by atoms with Crippen LogP contribution in [-0.2, 0) is 19.1 Å². The summed E-state index contributed by atoms with van der Waals surface area (Å²) in [5.41, 5.74) is 3.75. The minimum atomic E-state index is -4.93. The highest BCUT2D eigenvalue weighted by molar-refractivity contribution is 5.80. The van der Waals surface area contributed by atoms with E-state index in [2.05, 4.69) is 5.32 Å². The molecule has 2 aromatic carbocycles. The topological polar surface area (TPSA) is 114 Å². The number of fused-ring (bicyclic) bond motifs is 3. The van der Waals surface area contributed by atoms with Gasteiger partial charge in [0, 0.05) is 5.92 Å². The number of alkyl halides is 3. The van der Waals surface area contributed by atoms with E-state index in [-0.39, 0.29) is 25.7 Å². The maximum atomic E-state index is 13.5. The van der Waals surface area contributed by atoms with E-state index in [1.165, 1.54) is 0 Å². The molecular weight excluding hydrogens is 469 g/mol. The average molecular weight is 492 g/mol. The van der Waals surface area contributed by atoms with Crippen LogP contribution in [0.4, 0.5) is 18.0 Å². The highest BCUT2D eigenvalue weighted by Gasteiger charge is 2.43. The first-order valence-electron chi connectivity index (χ1n) is 10.9. The Kier molecular flexibility index (Phi) is 6.97. The maximum absolute atomic E-state index is 13.5. The van der Waals surface area contributed by atoms with Crippen LogP contribution in [0.15, 0.2) is 48.5 Å². The van der Waals surface area contributed by atoms with Gasteiger partial charge in [-0.15, -0.1) is 0 Å². The normalized spacial score (nSPS) is 20.0. The molecule has 1 heterocycles. The molecule has 2 aromatic rings. The number of amides is 2. The average Bonchev–Trinajstić information content (AvgIpc) is 3.39. The second kappa shape index (κ2) is 9.95. The van der Waals surface area contributed by atoms with Crippen LogP contribution in [0, 0.1) is 5.92 Å². The van der Waals surface area contributed by atoms with Crippen LogP contribution in [0.25, 0.3) is 11.1 Å². The standard InChI is InChI=1S/C24H23F3N2O6/c25-24(26,27)20(9-21(30)28-19-12-34-10-18(19)22(31)32)29-23(33)35-11-17-15-7-3-1-5-13(15)14-6-2-4-8-16(14)17/h1-8,17-20H,9-12H2,(H,28,30)(H,29,33)(H,31,32). The number of benzene rings is 2. The van der Waals surface area contributed by atoms with Crippen molar-refractivity contribution in [3.63, 3.8) is 0 Å². The summed E-state index contributed by atoms with van der Waals surface area (Å²) in [6.07, 6.45) is -7.37. The van der Waals surface area contributed by atoms with E-state index in [4.69, 9.17) is 14.6 Å². The Balaban J connectivity index is 1.37. The van der Waals surface area contributed by atoms with Crippen molar-refractivity contribution in [2.24, 2.45) is 5.92 Å². The molecule has 1 aliphatic heterocycles. The third-order valence-corrected chi connectivity index (χ3v) is 6.16. The zero-order valence-corrected chi connectivity index (χ0v) is 18.4. The number of carboxylic acid groups (broad SMARTS) is 1. The summed E-state index contributed by atoms with van der Waals surface area (Å²) < 4.78 is 50.7. The van der Waals surface area contributed by atoms with Gasteiger partial charge in [0.25, 0.3) is 0 Å². The molecule has 4 rings (SSSR count). The van der Waals surface area contributed by atoms with E-state index in [1.807, 2.05) is 48.5 Å². The first-order chi connectivity index (χ1) is 16.6. The fourth-order valence-electron chi connectivity index (χ4n) is 4.42. The van der Waals surface area contributed by atoms with Gasteiger partial charge in [0.2, 0.25) is 5.91 Å². The zero-order chi connectivity index (χ0) is 25.2. The van der Waals surface area contributed by atoms with Crippen molar-refractivity contribution < 1.29 is 42.1 Å². The lowest BCUT2D eigenvalue weighted by molar-refractivity contribution is -0.160. The van der Waals surface area contributed by atoms with Crippen LogP contribution in [-0.4, -0.2) is 61.2 Å². The number of carbonyl (C=O) groups is 3. The molecule has 3 atom stereocenters. The molecule has 11 heteroatoms. The Morgan fingerprint density at radius 3 is 2.20 bits per heavy atom. The lowest BCUT2D eigenvalue weighted by Gasteiger charge is -2.23. The van der Waals surface area contributed by atoms with Crippen molar-refractivity contribution in [1.82, 2.24) is 10.6 Å². The molecule has 3 unspecified atom stereocenters. The van der Waals surface area contributed by atoms with Crippen LogP contribution in [0.1, 0.15) is 23.5 Å². The van der Waals surface area contributed by atoms with Gasteiger partial charge in [-0.2, -0.15) is 13.2 Å². The number of hydrogen-bond donors (Lipinski definition) is 3. The molecule has 0 saturated carbocycles. The van der Waals surface area contributed by atoms with E-state index < -0.39 is 48.6 Å². The smallest absolute Gasteiger partial charge is 0.409 e. The third kappa shape index (κ3) is 5.40. The lowest BCUT2D eigenvalue weighted by Crippen LogP contribution is -2.50. The second-order valence-electron chi connectivity index (χ2n) is 8.42. The number of carboxylic acids is 1. The van der Waals surface area contributed by atoms with Gasteiger partial charge < -0.3 is 25.2 Å². The van der Waals surface area contributed by atoms with E-state index in [0.29, 0.717) is 0 Å². The summed E-state index contributed by atoms with van der Waals surface area (Å²) in [5, 5.41) is 13.1. The zero-order valence-electron chi connectivity index (χ0n) is 18.4. The number of halogens is 3. The highest BCUT2D eigenvalue weighted by Crippen LogP contribution is 2.44. The van der Waals surface area contributed by atoms with Gasteiger partial charge in [0.15, 0.2) is 0 Å². The molecule has 1 saturated heterocycles. The predicted octanol–water partition coefficient (Wildman–Crippen LogP) is 3.06. The van der Waals surface area contributed by atoms with Crippen molar-refractivity contribution in [2.45, 2.75) is 30.6 Å². The van der Waals surface area contributed by atoms with Crippen molar-refractivity contribution in [1.29, 1.82) is 0 Å².